The highest BCUT2D eigenvalue weighted by Crippen LogP contribution is 2.44. The number of halogens is 1. The summed E-state index contributed by atoms with van der Waals surface area (Å²) in [6.45, 7) is 7.99. The lowest BCUT2D eigenvalue weighted by atomic mass is 9.84. The van der Waals surface area contributed by atoms with Gasteiger partial charge in [0.15, 0.2) is 0 Å². The number of imidazole rings is 1. The van der Waals surface area contributed by atoms with Gasteiger partial charge in [0.1, 0.15) is 12.0 Å². The minimum absolute atomic E-state index is 0.0435. The topological polar surface area (TPSA) is 80.3 Å². The molecule has 0 aliphatic carbocycles. The van der Waals surface area contributed by atoms with Crippen molar-refractivity contribution in [1.29, 1.82) is 0 Å². The Morgan fingerprint density at radius 3 is 2.94 bits per heavy atom. The minimum Gasteiger partial charge on any atom is -0.337 e. The first kappa shape index (κ1) is 19.9. The second-order valence-corrected chi connectivity index (χ2v) is 10.2. The average Bonchev–Trinajstić information content (AvgIpc) is 3.31. The van der Waals surface area contributed by atoms with Crippen molar-refractivity contribution in [1.82, 2.24) is 29.5 Å². The second kappa shape index (κ2) is 7.15. The van der Waals surface area contributed by atoms with Crippen LogP contribution in [0.2, 0.25) is 5.02 Å². The monoisotopic (exact) mass is 452 g/mol. The van der Waals surface area contributed by atoms with Crippen molar-refractivity contribution >= 4 is 17.5 Å². The number of piperidine rings is 1. The first-order chi connectivity index (χ1) is 15.4. The summed E-state index contributed by atoms with van der Waals surface area (Å²) < 4.78 is 7.58. The van der Waals surface area contributed by atoms with Gasteiger partial charge >= 0.3 is 0 Å². The van der Waals surface area contributed by atoms with Crippen molar-refractivity contribution in [3.63, 3.8) is 0 Å². The molecule has 2 saturated heterocycles. The fourth-order valence-corrected chi connectivity index (χ4v) is 5.56. The Kier molecular flexibility index (Phi) is 4.45. The number of carbonyl (C=O) groups excluding carboxylic acids is 1. The largest absolute Gasteiger partial charge is 0.337 e. The Morgan fingerprint density at radius 1 is 1.28 bits per heavy atom. The summed E-state index contributed by atoms with van der Waals surface area (Å²) in [5, 5.41) is 4.71. The smallest absolute Gasteiger partial charge is 0.258 e. The number of hydrogen-bond acceptors (Lipinski definition) is 6. The Labute approximate surface area is 191 Å². The number of rotatable bonds is 3. The zero-order valence-electron chi connectivity index (χ0n) is 18.2. The van der Waals surface area contributed by atoms with Crippen LogP contribution in [-0.2, 0) is 6.54 Å². The van der Waals surface area contributed by atoms with E-state index in [0.29, 0.717) is 46.5 Å². The van der Waals surface area contributed by atoms with E-state index in [9.17, 15) is 4.79 Å². The van der Waals surface area contributed by atoms with Crippen molar-refractivity contribution in [3.05, 3.63) is 46.7 Å². The molecule has 1 aromatic carbocycles. The number of aromatic nitrogens is 4. The Balaban J connectivity index is 1.37. The quantitative estimate of drug-likeness (QED) is 0.595. The number of likely N-dealkylation sites (tertiary alicyclic amines) is 1. The molecule has 166 valence electrons. The SMILES string of the molecule is CC1(C)CCCN(Cc2nc(-c3ncn4c3[C@@H]3CCN3C(=O)c3c(Cl)cccc3-4)no2)C1. The van der Waals surface area contributed by atoms with Gasteiger partial charge in [0.2, 0.25) is 11.7 Å². The first-order valence-electron chi connectivity index (χ1n) is 11.1. The van der Waals surface area contributed by atoms with Crippen molar-refractivity contribution in [3.8, 4) is 17.2 Å². The molecule has 32 heavy (non-hydrogen) atoms. The molecule has 3 aliphatic rings. The second-order valence-electron chi connectivity index (χ2n) is 9.78. The molecule has 0 spiro atoms. The molecule has 1 atom stereocenters. The van der Waals surface area contributed by atoms with E-state index in [-0.39, 0.29) is 11.9 Å². The number of carbonyl (C=O) groups is 1. The molecule has 2 aromatic heterocycles. The van der Waals surface area contributed by atoms with Crippen molar-refractivity contribution in [2.45, 2.75) is 45.7 Å². The van der Waals surface area contributed by atoms with Crippen molar-refractivity contribution in [2.24, 2.45) is 5.41 Å². The standard InChI is InChI=1S/C23H25ClN6O2/c1-23(2)8-4-9-28(12-23)11-17-26-21(27-32-17)19-20-16-7-10-29(16)22(31)18-14(24)5-3-6-15(18)30(20)13-25-19/h3,5-6,13,16H,4,7-12H2,1-2H3/t16-/m0/s1. The van der Waals surface area contributed by atoms with Gasteiger partial charge in [-0.15, -0.1) is 0 Å². The van der Waals surface area contributed by atoms with E-state index in [0.717, 1.165) is 30.9 Å². The van der Waals surface area contributed by atoms with Gasteiger partial charge in [0, 0.05) is 13.1 Å². The fraction of sp³-hybridized carbons (Fsp3) is 0.478. The number of hydrogen-bond donors (Lipinski definition) is 0. The molecule has 0 saturated carbocycles. The summed E-state index contributed by atoms with van der Waals surface area (Å²) in [5.74, 6) is 1.02. The first-order valence-corrected chi connectivity index (χ1v) is 11.5. The van der Waals surface area contributed by atoms with Crippen LogP contribution in [0.5, 0.6) is 0 Å². The van der Waals surface area contributed by atoms with Gasteiger partial charge in [-0.1, -0.05) is 36.7 Å². The van der Waals surface area contributed by atoms with E-state index < -0.39 is 0 Å². The number of amides is 1. The highest BCUT2D eigenvalue weighted by molar-refractivity contribution is 6.34. The zero-order valence-corrected chi connectivity index (χ0v) is 19.0. The Hall–Kier alpha value is -2.71. The summed E-state index contributed by atoms with van der Waals surface area (Å²) in [7, 11) is 0. The highest BCUT2D eigenvalue weighted by atomic mass is 35.5. The van der Waals surface area contributed by atoms with Crippen LogP contribution < -0.4 is 0 Å². The van der Waals surface area contributed by atoms with Crippen LogP contribution in [0.25, 0.3) is 17.2 Å². The van der Waals surface area contributed by atoms with Gasteiger partial charge in [-0.3, -0.25) is 14.3 Å². The molecule has 2 fully saturated rings. The summed E-state index contributed by atoms with van der Waals surface area (Å²) in [6, 6.07) is 5.43. The molecule has 6 rings (SSSR count). The lowest BCUT2D eigenvalue weighted by Crippen LogP contribution is -2.44. The zero-order chi connectivity index (χ0) is 22.0. The third-order valence-electron chi connectivity index (χ3n) is 6.88. The highest BCUT2D eigenvalue weighted by Gasteiger charge is 2.43. The van der Waals surface area contributed by atoms with E-state index in [1.54, 1.807) is 12.4 Å². The molecule has 0 bridgehead atoms. The van der Waals surface area contributed by atoms with E-state index >= 15 is 0 Å². The molecule has 0 radical (unpaired) electrons. The predicted octanol–water partition coefficient (Wildman–Crippen LogP) is 4.10. The summed E-state index contributed by atoms with van der Waals surface area (Å²) in [6.07, 6.45) is 5.01. The molecule has 8 nitrogen and oxygen atoms in total. The lowest BCUT2D eigenvalue weighted by molar-refractivity contribution is 0.0461. The molecular formula is C23H25ClN6O2. The van der Waals surface area contributed by atoms with E-state index in [2.05, 4.69) is 33.9 Å². The van der Waals surface area contributed by atoms with Crippen LogP contribution in [0.1, 0.15) is 61.1 Å². The van der Waals surface area contributed by atoms with Crippen molar-refractivity contribution in [2.75, 3.05) is 19.6 Å². The summed E-state index contributed by atoms with van der Waals surface area (Å²) >= 11 is 6.43. The summed E-state index contributed by atoms with van der Waals surface area (Å²) in [5.41, 5.74) is 3.14. The summed E-state index contributed by atoms with van der Waals surface area (Å²) in [4.78, 5) is 26.7. The van der Waals surface area contributed by atoms with Gasteiger partial charge < -0.3 is 9.42 Å². The maximum absolute atomic E-state index is 13.2. The molecule has 3 aromatic rings. The van der Waals surface area contributed by atoms with E-state index in [4.69, 9.17) is 16.1 Å². The van der Waals surface area contributed by atoms with Crippen LogP contribution in [-0.4, -0.2) is 55.0 Å². The van der Waals surface area contributed by atoms with Crippen LogP contribution in [0.15, 0.2) is 29.0 Å². The van der Waals surface area contributed by atoms with Crippen LogP contribution in [0, 0.1) is 5.41 Å². The molecule has 0 unspecified atom stereocenters. The third-order valence-corrected chi connectivity index (χ3v) is 7.20. The Bertz CT molecular complexity index is 1220. The molecule has 5 heterocycles. The van der Waals surface area contributed by atoms with E-state index in [1.807, 2.05) is 21.6 Å². The Morgan fingerprint density at radius 2 is 2.16 bits per heavy atom. The number of benzene rings is 1. The van der Waals surface area contributed by atoms with Gasteiger partial charge in [-0.05, 0) is 43.4 Å². The molecule has 9 heteroatoms. The normalized spacial score (nSPS) is 22.0. The van der Waals surface area contributed by atoms with Gasteiger partial charge in [0.25, 0.3) is 5.91 Å². The fourth-order valence-electron chi connectivity index (χ4n) is 5.31. The van der Waals surface area contributed by atoms with Gasteiger partial charge in [0.05, 0.1) is 34.6 Å². The maximum atomic E-state index is 13.2. The number of fused-ring (bicyclic) bond motifs is 5. The maximum Gasteiger partial charge on any atom is 0.258 e. The average molecular weight is 453 g/mol. The number of nitrogens with zero attached hydrogens (tertiary/aromatic N) is 6. The minimum atomic E-state index is -0.0756. The molecule has 3 aliphatic heterocycles. The van der Waals surface area contributed by atoms with E-state index in [1.165, 1.54) is 12.8 Å². The van der Waals surface area contributed by atoms with Crippen LogP contribution in [0.3, 0.4) is 0 Å². The van der Waals surface area contributed by atoms with Crippen molar-refractivity contribution < 1.29 is 9.32 Å². The third kappa shape index (κ3) is 3.08. The van der Waals surface area contributed by atoms with Crippen LogP contribution in [0.4, 0.5) is 0 Å². The predicted molar refractivity (Wildman–Crippen MR) is 119 cm³/mol. The molecule has 1 amide bonds. The van der Waals surface area contributed by atoms with Crippen LogP contribution >= 0.6 is 11.6 Å². The molecule has 0 N–H and O–H groups in total. The van der Waals surface area contributed by atoms with Gasteiger partial charge in [-0.2, -0.15) is 4.98 Å². The van der Waals surface area contributed by atoms with Gasteiger partial charge in [-0.25, -0.2) is 4.98 Å². The lowest BCUT2D eigenvalue weighted by Gasteiger charge is -2.39. The molecular weight excluding hydrogens is 428 g/mol.